The molecule has 1 N–H and O–H groups in total. The van der Waals surface area contributed by atoms with Crippen LogP contribution in [0.3, 0.4) is 0 Å². The van der Waals surface area contributed by atoms with Crippen LogP contribution in [0.15, 0.2) is 54.6 Å². The van der Waals surface area contributed by atoms with Crippen LogP contribution in [0.5, 0.6) is 11.5 Å². The van der Waals surface area contributed by atoms with Crippen molar-refractivity contribution < 1.29 is 19.0 Å². The molecule has 0 spiro atoms. The van der Waals surface area contributed by atoms with E-state index in [1.807, 2.05) is 54.6 Å². The molecule has 29 heavy (non-hydrogen) atoms. The first-order valence-electron chi connectivity index (χ1n) is 9.76. The van der Waals surface area contributed by atoms with Gasteiger partial charge in [0, 0.05) is 25.7 Å². The summed E-state index contributed by atoms with van der Waals surface area (Å²) >= 11 is 0. The highest BCUT2D eigenvalue weighted by Crippen LogP contribution is 2.32. The first-order valence-corrected chi connectivity index (χ1v) is 9.76. The monoisotopic (exact) mass is 396 g/mol. The van der Waals surface area contributed by atoms with E-state index >= 15 is 0 Å². The van der Waals surface area contributed by atoms with E-state index < -0.39 is 0 Å². The van der Waals surface area contributed by atoms with Gasteiger partial charge in [0.2, 0.25) is 5.91 Å². The molecule has 1 fully saturated rings. The lowest BCUT2D eigenvalue weighted by atomic mass is 10.0. The number of benzene rings is 2. The van der Waals surface area contributed by atoms with Crippen molar-refractivity contribution >= 4 is 12.0 Å². The van der Waals surface area contributed by atoms with Gasteiger partial charge in [-0.1, -0.05) is 36.4 Å². The van der Waals surface area contributed by atoms with Gasteiger partial charge in [0.15, 0.2) is 11.5 Å². The van der Waals surface area contributed by atoms with Gasteiger partial charge in [-0.25, -0.2) is 0 Å². The van der Waals surface area contributed by atoms with Crippen molar-refractivity contribution in [3.8, 4) is 11.5 Å². The maximum atomic E-state index is 12.4. The average Bonchev–Trinajstić information content (AvgIpc) is 2.79. The Morgan fingerprint density at radius 1 is 1.10 bits per heavy atom. The van der Waals surface area contributed by atoms with Crippen molar-refractivity contribution in [3.05, 3.63) is 65.7 Å². The number of hydrogen-bond acceptors (Lipinski definition) is 5. The van der Waals surface area contributed by atoms with Crippen LogP contribution in [-0.4, -0.2) is 57.9 Å². The Hall–Kier alpha value is -2.83. The zero-order valence-electron chi connectivity index (χ0n) is 17.0. The topological polar surface area (TPSA) is 60.0 Å². The molecule has 1 atom stereocenters. The fraction of sp³-hybridized carbons (Fsp3) is 0.348. The zero-order valence-corrected chi connectivity index (χ0v) is 17.0. The third kappa shape index (κ3) is 5.82. The number of carbonyl (C=O) groups is 1. The van der Waals surface area contributed by atoms with Gasteiger partial charge in [-0.2, -0.15) is 0 Å². The van der Waals surface area contributed by atoms with Crippen LogP contribution in [0.2, 0.25) is 0 Å². The highest BCUT2D eigenvalue weighted by molar-refractivity contribution is 5.91. The number of nitrogens with zero attached hydrogens (tertiary/aromatic N) is 1. The predicted molar refractivity (Wildman–Crippen MR) is 113 cm³/mol. The second-order valence-electron chi connectivity index (χ2n) is 6.77. The van der Waals surface area contributed by atoms with E-state index in [4.69, 9.17) is 14.2 Å². The standard InChI is InChI=1S/C23H28N2O4/c1-27-21-10-9-19(16-22(21)28-2)20(25-12-14-29-15-13-25)17-24-23(26)11-8-18-6-4-3-5-7-18/h3-11,16,20H,12-15,17H2,1-2H3,(H,24,26)/b11-8+. The summed E-state index contributed by atoms with van der Waals surface area (Å²) in [6, 6.07) is 15.7. The molecular formula is C23H28N2O4. The Morgan fingerprint density at radius 2 is 1.83 bits per heavy atom. The number of carbonyl (C=O) groups excluding carboxylic acids is 1. The van der Waals surface area contributed by atoms with Gasteiger partial charge in [0.25, 0.3) is 0 Å². The summed E-state index contributed by atoms with van der Waals surface area (Å²) in [7, 11) is 3.25. The van der Waals surface area contributed by atoms with Crippen LogP contribution in [0, 0.1) is 0 Å². The van der Waals surface area contributed by atoms with E-state index in [1.54, 1.807) is 20.3 Å². The van der Waals surface area contributed by atoms with Gasteiger partial charge in [-0.3, -0.25) is 9.69 Å². The lowest BCUT2D eigenvalue weighted by molar-refractivity contribution is -0.116. The molecule has 1 aliphatic rings. The first kappa shape index (κ1) is 20.9. The molecule has 3 rings (SSSR count). The Labute approximate surface area is 172 Å². The van der Waals surface area contributed by atoms with E-state index in [9.17, 15) is 4.79 Å². The van der Waals surface area contributed by atoms with Crippen LogP contribution in [-0.2, 0) is 9.53 Å². The highest BCUT2D eigenvalue weighted by Gasteiger charge is 2.24. The van der Waals surface area contributed by atoms with E-state index in [0.29, 0.717) is 31.3 Å². The van der Waals surface area contributed by atoms with Crippen molar-refractivity contribution in [2.75, 3.05) is 47.1 Å². The number of nitrogens with one attached hydrogen (secondary N) is 1. The van der Waals surface area contributed by atoms with E-state index in [-0.39, 0.29) is 11.9 Å². The molecule has 1 aliphatic heterocycles. The number of morpholine rings is 1. The second-order valence-corrected chi connectivity index (χ2v) is 6.77. The Bertz CT molecular complexity index is 817. The molecule has 0 saturated carbocycles. The Kier molecular flexibility index (Phi) is 7.67. The van der Waals surface area contributed by atoms with Gasteiger partial charge < -0.3 is 19.5 Å². The molecular weight excluding hydrogens is 368 g/mol. The van der Waals surface area contributed by atoms with Crippen LogP contribution in [0.25, 0.3) is 6.08 Å². The summed E-state index contributed by atoms with van der Waals surface area (Å²) in [4.78, 5) is 14.7. The van der Waals surface area contributed by atoms with Gasteiger partial charge in [0.1, 0.15) is 0 Å². The molecule has 2 aromatic rings. The maximum absolute atomic E-state index is 12.4. The minimum absolute atomic E-state index is 0.0211. The van der Waals surface area contributed by atoms with E-state index in [2.05, 4.69) is 10.2 Å². The maximum Gasteiger partial charge on any atom is 0.244 e. The van der Waals surface area contributed by atoms with Crippen molar-refractivity contribution in [1.82, 2.24) is 10.2 Å². The molecule has 0 aliphatic carbocycles. The van der Waals surface area contributed by atoms with Crippen molar-refractivity contribution in [2.24, 2.45) is 0 Å². The minimum Gasteiger partial charge on any atom is -0.493 e. The van der Waals surface area contributed by atoms with E-state index in [0.717, 1.165) is 24.2 Å². The summed E-state index contributed by atoms with van der Waals surface area (Å²) < 4.78 is 16.3. The average molecular weight is 396 g/mol. The van der Waals surface area contributed by atoms with Gasteiger partial charge in [0.05, 0.1) is 33.5 Å². The molecule has 6 nitrogen and oxygen atoms in total. The third-order valence-electron chi connectivity index (χ3n) is 4.98. The van der Waals surface area contributed by atoms with Crippen molar-refractivity contribution in [2.45, 2.75) is 6.04 Å². The molecule has 1 unspecified atom stereocenters. The van der Waals surface area contributed by atoms with Crippen molar-refractivity contribution in [3.63, 3.8) is 0 Å². The molecule has 2 aromatic carbocycles. The number of hydrogen-bond donors (Lipinski definition) is 1. The van der Waals surface area contributed by atoms with Crippen LogP contribution in [0.4, 0.5) is 0 Å². The summed E-state index contributed by atoms with van der Waals surface area (Å²) in [5.74, 6) is 1.25. The third-order valence-corrected chi connectivity index (χ3v) is 4.98. The number of methoxy groups -OCH3 is 2. The summed E-state index contributed by atoms with van der Waals surface area (Å²) in [6.45, 7) is 3.49. The molecule has 0 radical (unpaired) electrons. The molecule has 1 saturated heterocycles. The minimum atomic E-state index is -0.118. The van der Waals surface area contributed by atoms with Crippen LogP contribution in [0.1, 0.15) is 17.2 Å². The Balaban J connectivity index is 1.72. The lowest BCUT2D eigenvalue weighted by Crippen LogP contribution is -2.43. The van der Waals surface area contributed by atoms with Crippen LogP contribution < -0.4 is 14.8 Å². The molecule has 1 amide bonds. The SMILES string of the molecule is COc1ccc(C(CNC(=O)/C=C/c2ccccc2)N2CCOCC2)cc1OC. The summed E-state index contributed by atoms with van der Waals surface area (Å²) in [6.07, 6.45) is 3.38. The predicted octanol–water partition coefficient (Wildman–Crippen LogP) is 2.91. The number of amides is 1. The number of ether oxygens (including phenoxy) is 3. The van der Waals surface area contributed by atoms with E-state index in [1.165, 1.54) is 0 Å². The molecule has 1 heterocycles. The quantitative estimate of drug-likeness (QED) is 0.696. The first-order chi connectivity index (χ1) is 14.2. The molecule has 6 heteroatoms. The lowest BCUT2D eigenvalue weighted by Gasteiger charge is -2.35. The normalized spacial score (nSPS) is 15.8. The second kappa shape index (κ2) is 10.6. The van der Waals surface area contributed by atoms with Gasteiger partial charge in [-0.05, 0) is 29.3 Å². The molecule has 0 bridgehead atoms. The fourth-order valence-electron chi connectivity index (χ4n) is 3.40. The summed E-state index contributed by atoms with van der Waals surface area (Å²) in [5.41, 5.74) is 2.06. The molecule has 154 valence electrons. The van der Waals surface area contributed by atoms with Gasteiger partial charge in [-0.15, -0.1) is 0 Å². The fourth-order valence-corrected chi connectivity index (χ4v) is 3.40. The summed E-state index contributed by atoms with van der Waals surface area (Å²) in [5, 5.41) is 3.03. The van der Waals surface area contributed by atoms with Crippen LogP contribution >= 0.6 is 0 Å². The smallest absolute Gasteiger partial charge is 0.244 e. The van der Waals surface area contributed by atoms with Crippen molar-refractivity contribution in [1.29, 1.82) is 0 Å². The van der Waals surface area contributed by atoms with Gasteiger partial charge >= 0.3 is 0 Å². The largest absolute Gasteiger partial charge is 0.493 e. The zero-order chi connectivity index (χ0) is 20.5. The number of rotatable bonds is 8. The highest BCUT2D eigenvalue weighted by atomic mass is 16.5. The molecule has 0 aromatic heterocycles. The Morgan fingerprint density at radius 3 is 2.52 bits per heavy atom.